The fourth-order valence-electron chi connectivity index (χ4n) is 4.22. The molecular formula is C29H35FO11. The van der Waals surface area contributed by atoms with Gasteiger partial charge in [-0.05, 0) is 68.5 Å². The second-order valence-corrected chi connectivity index (χ2v) is 8.91. The van der Waals surface area contributed by atoms with Crippen molar-refractivity contribution < 1.29 is 56.7 Å². The van der Waals surface area contributed by atoms with Crippen molar-refractivity contribution in [3.63, 3.8) is 0 Å². The van der Waals surface area contributed by atoms with Crippen molar-refractivity contribution in [3.8, 4) is 5.75 Å². The largest absolute Gasteiger partial charge is 0.510 e. The zero-order valence-corrected chi connectivity index (χ0v) is 23.6. The molecule has 0 bridgehead atoms. The summed E-state index contributed by atoms with van der Waals surface area (Å²) in [6.07, 6.45) is -11.7. The number of hydrogen-bond donors (Lipinski definition) is 0. The third-order valence-corrected chi connectivity index (χ3v) is 6.20. The van der Waals surface area contributed by atoms with Crippen molar-refractivity contribution in [3.05, 3.63) is 64.7 Å². The first-order valence-electron chi connectivity index (χ1n) is 13.2. The zero-order chi connectivity index (χ0) is 29.9. The molecule has 3 rings (SSSR count). The van der Waals surface area contributed by atoms with E-state index in [1.165, 1.54) is 6.92 Å². The van der Waals surface area contributed by atoms with Gasteiger partial charge in [-0.25, -0.2) is 18.8 Å². The maximum absolute atomic E-state index is 15.7. The third kappa shape index (κ3) is 8.46. The van der Waals surface area contributed by atoms with E-state index in [2.05, 4.69) is 0 Å². The highest BCUT2D eigenvalue weighted by Crippen LogP contribution is 2.39. The molecule has 224 valence electrons. The highest BCUT2D eigenvalue weighted by Gasteiger charge is 2.53. The number of halogens is 1. The van der Waals surface area contributed by atoms with Gasteiger partial charge in [-0.1, -0.05) is 30.3 Å². The van der Waals surface area contributed by atoms with Crippen LogP contribution in [0.5, 0.6) is 5.75 Å². The van der Waals surface area contributed by atoms with Crippen LogP contribution < -0.4 is 4.74 Å². The van der Waals surface area contributed by atoms with E-state index in [0.29, 0.717) is 12.0 Å². The second kappa shape index (κ2) is 15.1. The van der Waals surface area contributed by atoms with E-state index >= 15 is 4.39 Å². The number of rotatable bonds is 10. The van der Waals surface area contributed by atoms with Gasteiger partial charge in [0.25, 0.3) is 0 Å². The summed E-state index contributed by atoms with van der Waals surface area (Å²) in [6.45, 7) is 6.47. The lowest BCUT2D eigenvalue weighted by Gasteiger charge is -2.41. The Bertz CT molecular complexity index is 1170. The molecule has 0 spiro atoms. The number of hydrogen-bond acceptors (Lipinski definition) is 11. The highest BCUT2D eigenvalue weighted by atomic mass is 19.1. The van der Waals surface area contributed by atoms with Gasteiger partial charge in [0, 0.05) is 0 Å². The first-order chi connectivity index (χ1) is 19.7. The van der Waals surface area contributed by atoms with Crippen molar-refractivity contribution in [1.29, 1.82) is 0 Å². The summed E-state index contributed by atoms with van der Waals surface area (Å²) in [5.41, 5.74) is 3.27. The van der Waals surface area contributed by atoms with Gasteiger partial charge in [-0.2, -0.15) is 0 Å². The standard InChI is InChI=1S/C29H35FO11/c1-6-35-27(31)39-24-22(30)26(41-29(33)37-8-3)38-23(25(24)40-28(32)36-7-2)19-12-9-17(4)20(16-19)15-18-10-13-21(34-5)14-11-18/h9-14,16,22-26H,6-8,15H2,1-5H3/t22?,23-,24-,25-,26+/m0/s1. The summed E-state index contributed by atoms with van der Waals surface area (Å²) in [7, 11) is 1.58. The number of carbonyl (C=O) groups excluding carboxylic acids is 3. The summed E-state index contributed by atoms with van der Waals surface area (Å²) < 4.78 is 57.1. The molecule has 0 aliphatic carbocycles. The Morgan fingerprint density at radius 1 is 0.805 bits per heavy atom. The number of carbonyl (C=O) groups is 3. The molecule has 0 radical (unpaired) electrons. The molecule has 0 saturated carbocycles. The van der Waals surface area contributed by atoms with Gasteiger partial charge in [0.1, 0.15) is 11.9 Å². The van der Waals surface area contributed by atoms with E-state index in [9.17, 15) is 14.4 Å². The molecule has 2 aromatic carbocycles. The molecule has 11 nitrogen and oxygen atoms in total. The lowest BCUT2D eigenvalue weighted by atomic mass is 9.90. The number of ether oxygens (including phenoxy) is 8. The molecule has 0 aromatic heterocycles. The molecule has 1 saturated heterocycles. The first-order valence-corrected chi connectivity index (χ1v) is 13.2. The van der Waals surface area contributed by atoms with Crippen molar-refractivity contribution in [2.45, 2.75) is 64.9 Å². The van der Waals surface area contributed by atoms with Crippen LogP contribution in [-0.4, -0.2) is 70.1 Å². The average Bonchev–Trinajstić information content (AvgIpc) is 2.94. The lowest BCUT2D eigenvalue weighted by Crippen LogP contribution is -2.56. The quantitative estimate of drug-likeness (QED) is 0.259. The summed E-state index contributed by atoms with van der Waals surface area (Å²) in [5.74, 6) is 0.717. The average molecular weight is 579 g/mol. The van der Waals surface area contributed by atoms with E-state index < -0.39 is 49.2 Å². The molecular weight excluding hydrogens is 543 g/mol. The first kappa shape index (κ1) is 31.5. The SMILES string of the molecule is CCOC(=O)O[C@H]1O[C@@H](c2ccc(C)c(Cc3ccc(OC)cc3)c2)[C@H](OC(=O)OCC)[C@@H](OC(=O)OCC)C1F. The smallest absolute Gasteiger partial charge is 0.497 e. The Morgan fingerprint density at radius 3 is 1.93 bits per heavy atom. The van der Waals surface area contributed by atoms with Gasteiger partial charge >= 0.3 is 18.5 Å². The molecule has 41 heavy (non-hydrogen) atoms. The van der Waals surface area contributed by atoms with Crippen molar-refractivity contribution in [2.75, 3.05) is 26.9 Å². The summed E-state index contributed by atoms with van der Waals surface area (Å²) in [4.78, 5) is 36.8. The molecule has 1 heterocycles. The van der Waals surface area contributed by atoms with Crippen LogP contribution in [0.3, 0.4) is 0 Å². The number of benzene rings is 2. The van der Waals surface area contributed by atoms with Crippen molar-refractivity contribution in [1.82, 2.24) is 0 Å². The second-order valence-electron chi connectivity index (χ2n) is 8.91. The molecule has 0 amide bonds. The third-order valence-electron chi connectivity index (χ3n) is 6.20. The number of aryl methyl sites for hydroxylation is 1. The predicted molar refractivity (Wildman–Crippen MR) is 141 cm³/mol. The van der Waals surface area contributed by atoms with Crippen LogP contribution in [0.2, 0.25) is 0 Å². The van der Waals surface area contributed by atoms with E-state index in [1.807, 2.05) is 37.3 Å². The summed E-state index contributed by atoms with van der Waals surface area (Å²) >= 11 is 0. The molecule has 1 fully saturated rings. The fourth-order valence-corrected chi connectivity index (χ4v) is 4.22. The normalized spacial score (nSPS) is 21.8. The molecule has 0 N–H and O–H groups in total. The topological polar surface area (TPSA) is 125 Å². The van der Waals surface area contributed by atoms with Gasteiger partial charge < -0.3 is 37.9 Å². The molecule has 2 aromatic rings. The predicted octanol–water partition coefficient (Wildman–Crippen LogP) is 5.59. The minimum atomic E-state index is -2.27. The van der Waals surface area contributed by atoms with E-state index in [0.717, 1.165) is 22.4 Å². The Kier molecular flexibility index (Phi) is 11.6. The summed E-state index contributed by atoms with van der Waals surface area (Å²) in [5, 5.41) is 0. The van der Waals surface area contributed by atoms with Crippen molar-refractivity contribution in [2.24, 2.45) is 0 Å². The van der Waals surface area contributed by atoms with Crippen LogP contribution in [-0.2, 0) is 39.6 Å². The Balaban J connectivity index is 2.02. The van der Waals surface area contributed by atoms with Crippen LogP contribution in [0.4, 0.5) is 18.8 Å². The van der Waals surface area contributed by atoms with Crippen LogP contribution in [0.25, 0.3) is 0 Å². The fraction of sp³-hybridized carbons (Fsp3) is 0.483. The van der Waals surface area contributed by atoms with E-state index in [4.69, 9.17) is 37.9 Å². The zero-order valence-electron chi connectivity index (χ0n) is 23.6. The molecule has 5 atom stereocenters. The summed E-state index contributed by atoms with van der Waals surface area (Å²) in [6, 6.07) is 12.9. The van der Waals surface area contributed by atoms with Crippen molar-refractivity contribution >= 4 is 18.5 Å². The van der Waals surface area contributed by atoms with Crippen LogP contribution >= 0.6 is 0 Å². The molecule has 1 aliphatic heterocycles. The van der Waals surface area contributed by atoms with Gasteiger partial charge in [0.05, 0.1) is 26.9 Å². The minimum Gasteiger partial charge on any atom is -0.497 e. The maximum Gasteiger partial charge on any atom is 0.510 e. The Labute approximate surface area is 237 Å². The minimum absolute atomic E-state index is 0.0231. The molecule has 12 heteroatoms. The molecule has 1 unspecified atom stereocenters. The lowest BCUT2D eigenvalue weighted by molar-refractivity contribution is -0.274. The Hall–Kier alpha value is -4.06. The van der Waals surface area contributed by atoms with Crippen LogP contribution in [0, 0.1) is 6.92 Å². The van der Waals surface area contributed by atoms with Gasteiger partial charge in [-0.15, -0.1) is 0 Å². The van der Waals surface area contributed by atoms with Gasteiger partial charge in [0.15, 0.2) is 12.2 Å². The van der Waals surface area contributed by atoms with E-state index in [1.54, 1.807) is 33.1 Å². The van der Waals surface area contributed by atoms with Gasteiger partial charge in [-0.3, -0.25) is 0 Å². The molecule has 1 aliphatic rings. The van der Waals surface area contributed by atoms with Crippen LogP contribution in [0.15, 0.2) is 42.5 Å². The maximum atomic E-state index is 15.7. The van der Waals surface area contributed by atoms with Crippen LogP contribution in [0.1, 0.15) is 49.1 Å². The van der Waals surface area contributed by atoms with Gasteiger partial charge in [0.2, 0.25) is 12.5 Å². The highest BCUT2D eigenvalue weighted by molar-refractivity contribution is 5.62. The number of methoxy groups -OCH3 is 1. The Morgan fingerprint density at radius 2 is 1.37 bits per heavy atom. The van der Waals surface area contributed by atoms with E-state index in [-0.39, 0.29) is 19.8 Å². The number of alkyl halides is 1. The monoisotopic (exact) mass is 578 g/mol.